The molecule has 0 saturated heterocycles. The second-order valence-electron chi connectivity index (χ2n) is 3.40. The van der Waals surface area contributed by atoms with E-state index in [1.807, 2.05) is 0 Å². The van der Waals surface area contributed by atoms with Gasteiger partial charge >= 0.3 is 5.97 Å². The molecule has 18 heavy (non-hydrogen) atoms. The summed E-state index contributed by atoms with van der Waals surface area (Å²) in [6.07, 6.45) is 2.89. The van der Waals surface area contributed by atoms with Crippen LogP contribution in [0.25, 0.3) is 6.08 Å². The average Bonchev–Trinajstić information content (AvgIpc) is 2.43. The van der Waals surface area contributed by atoms with E-state index in [4.69, 9.17) is 4.74 Å². The van der Waals surface area contributed by atoms with Crippen LogP contribution in [0.4, 0.5) is 0 Å². The fourth-order valence-corrected chi connectivity index (χ4v) is 1.37. The molecule has 0 atom stereocenters. The van der Waals surface area contributed by atoms with Gasteiger partial charge in [-0.2, -0.15) is 0 Å². The molecule has 1 aromatic carbocycles. The van der Waals surface area contributed by atoms with Gasteiger partial charge in [-0.05, 0) is 23.8 Å². The van der Waals surface area contributed by atoms with Crippen LogP contribution < -0.4 is 10.1 Å². The second kappa shape index (κ2) is 6.44. The first kappa shape index (κ1) is 13.8. The van der Waals surface area contributed by atoms with Gasteiger partial charge in [0.2, 0.25) is 0 Å². The fourth-order valence-electron chi connectivity index (χ4n) is 1.37. The van der Waals surface area contributed by atoms with E-state index >= 15 is 0 Å². The van der Waals surface area contributed by atoms with E-state index in [-0.39, 0.29) is 5.91 Å². The van der Waals surface area contributed by atoms with Crippen LogP contribution in [0.5, 0.6) is 5.75 Å². The third-order valence-corrected chi connectivity index (χ3v) is 2.31. The number of esters is 1. The lowest BCUT2D eigenvalue weighted by atomic mass is 10.1. The number of rotatable bonds is 4. The highest BCUT2D eigenvalue weighted by molar-refractivity contribution is 5.97. The van der Waals surface area contributed by atoms with E-state index in [9.17, 15) is 9.59 Å². The minimum absolute atomic E-state index is 0.227. The van der Waals surface area contributed by atoms with Crippen LogP contribution in [-0.4, -0.2) is 33.1 Å². The molecular weight excluding hydrogens is 234 g/mol. The van der Waals surface area contributed by atoms with E-state index in [1.165, 1.54) is 20.3 Å². The number of benzene rings is 1. The predicted octanol–water partition coefficient (Wildman–Crippen LogP) is 1.24. The molecule has 5 heteroatoms. The number of carbonyl (C=O) groups excluding carboxylic acids is 2. The minimum atomic E-state index is -0.440. The van der Waals surface area contributed by atoms with E-state index < -0.39 is 5.97 Å². The maximum atomic E-state index is 11.5. The van der Waals surface area contributed by atoms with Gasteiger partial charge in [0.15, 0.2) is 0 Å². The standard InChI is InChI=1S/C13H15NO4/c1-14-13(16)10-6-4-9(8-11(10)17-2)5-7-12(15)18-3/h4-8H,1-3H3,(H,14,16). The number of ether oxygens (including phenoxy) is 2. The van der Waals surface area contributed by atoms with Gasteiger partial charge in [0.1, 0.15) is 5.75 Å². The summed E-state index contributed by atoms with van der Waals surface area (Å²) in [4.78, 5) is 22.5. The molecule has 0 unspecified atom stereocenters. The largest absolute Gasteiger partial charge is 0.496 e. The van der Waals surface area contributed by atoms with Gasteiger partial charge in [-0.3, -0.25) is 4.79 Å². The number of hydrogen-bond donors (Lipinski definition) is 1. The SMILES string of the molecule is CNC(=O)c1ccc(C=CC(=O)OC)cc1OC. The van der Waals surface area contributed by atoms with Crippen molar-refractivity contribution in [1.29, 1.82) is 0 Å². The second-order valence-corrected chi connectivity index (χ2v) is 3.40. The lowest BCUT2D eigenvalue weighted by molar-refractivity contribution is -0.134. The summed E-state index contributed by atoms with van der Waals surface area (Å²) in [6.45, 7) is 0. The zero-order chi connectivity index (χ0) is 13.5. The Balaban J connectivity index is 3.02. The molecule has 1 rings (SSSR count). The van der Waals surface area contributed by atoms with Gasteiger partial charge in [0.05, 0.1) is 19.8 Å². The summed E-state index contributed by atoms with van der Waals surface area (Å²) in [5.74, 6) is -0.221. The molecule has 96 valence electrons. The third kappa shape index (κ3) is 3.35. The Labute approximate surface area is 105 Å². The predicted molar refractivity (Wildman–Crippen MR) is 67.4 cm³/mol. The van der Waals surface area contributed by atoms with Crippen molar-refractivity contribution in [3.8, 4) is 5.75 Å². The first-order chi connectivity index (χ1) is 8.62. The van der Waals surface area contributed by atoms with Crippen LogP contribution in [0, 0.1) is 0 Å². The Hall–Kier alpha value is -2.30. The zero-order valence-corrected chi connectivity index (χ0v) is 10.5. The number of methoxy groups -OCH3 is 2. The molecule has 1 amide bonds. The molecule has 1 aromatic rings. The Morgan fingerprint density at radius 1 is 1.28 bits per heavy atom. The first-order valence-corrected chi connectivity index (χ1v) is 5.28. The van der Waals surface area contributed by atoms with Crippen LogP contribution in [0.1, 0.15) is 15.9 Å². The number of carbonyl (C=O) groups is 2. The summed E-state index contributed by atoms with van der Waals surface area (Å²) >= 11 is 0. The van der Waals surface area contributed by atoms with Gasteiger partial charge in [-0.15, -0.1) is 0 Å². The van der Waals surface area contributed by atoms with Gasteiger partial charge < -0.3 is 14.8 Å². The van der Waals surface area contributed by atoms with Crippen molar-refractivity contribution in [2.75, 3.05) is 21.3 Å². The summed E-state index contributed by atoms with van der Waals surface area (Å²) in [5.41, 5.74) is 1.18. The van der Waals surface area contributed by atoms with Crippen molar-refractivity contribution in [2.45, 2.75) is 0 Å². The minimum Gasteiger partial charge on any atom is -0.496 e. The van der Waals surface area contributed by atoms with E-state index in [1.54, 1.807) is 31.3 Å². The van der Waals surface area contributed by atoms with Crippen molar-refractivity contribution >= 4 is 18.0 Å². The molecule has 0 spiro atoms. The molecular formula is C13H15NO4. The molecule has 0 aliphatic rings. The highest BCUT2D eigenvalue weighted by Gasteiger charge is 2.10. The lowest BCUT2D eigenvalue weighted by Gasteiger charge is -2.07. The highest BCUT2D eigenvalue weighted by atomic mass is 16.5. The van der Waals surface area contributed by atoms with Crippen LogP contribution in [0.2, 0.25) is 0 Å². The summed E-state index contributed by atoms with van der Waals surface area (Å²) < 4.78 is 9.62. The molecule has 0 heterocycles. The van der Waals surface area contributed by atoms with Crippen molar-refractivity contribution in [3.63, 3.8) is 0 Å². The van der Waals surface area contributed by atoms with Gasteiger partial charge in [0, 0.05) is 13.1 Å². The smallest absolute Gasteiger partial charge is 0.330 e. The quantitative estimate of drug-likeness (QED) is 0.644. The fraction of sp³-hybridized carbons (Fsp3) is 0.231. The molecule has 0 saturated carbocycles. The topological polar surface area (TPSA) is 64.6 Å². The van der Waals surface area contributed by atoms with E-state index in [0.717, 1.165) is 5.56 Å². The maximum Gasteiger partial charge on any atom is 0.330 e. The molecule has 0 aliphatic carbocycles. The van der Waals surface area contributed by atoms with Gasteiger partial charge in [-0.1, -0.05) is 6.07 Å². The third-order valence-electron chi connectivity index (χ3n) is 2.31. The van der Waals surface area contributed by atoms with Crippen molar-refractivity contribution < 1.29 is 19.1 Å². The Morgan fingerprint density at radius 3 is 2.56 bits per heavy atom. The van der Waals surface area contributed by atoms with Gasteiger partial charge in [-0.25, -0.2) is 4.79 Å². The number of amides is 1. The zero-order valence-electron chi connectivity index (χ0n) is 10.5. The summed E-state index contributed by atoms with van der Waals surface area (Å²) in [6, 6.07) is 5.02. The first-order valence-electron chi connectivity index (χ1n) is 5.28. The van der Waals surface area contributed by atoms with Crippen LogP contribution in [-0.2, 0) is 9.53 Å². The normalized spacial score (nSPS) is 10.2. The molecule has 0 radical (unpaired) electrons. The van der Waals surface area contributed by atoms with Crippen LogP contribution in [0.3, 0.4) is 0 Å². The van der Waals surface area contributed by atoms with Crippen molar-refractivity contribution in [1.82, 2.24) is 5.32 Å². The molecule has 0 aromatic heterocycles. The van der Waals surface area contributed by atoms with E-state index in [2.05, 4.69) is 10.1 Å². The lowest BCUT2D eigenvalue weighted by Crippen LogP contribution is -2.18. The summed E-state index contributed by atoms with van der Waals surface area (Å²) in [5, 5.41) is 2.52. The highest BCUT2D eigenvalue weighted by Crippen LogP contribution is 2.20. The van der Waals surface area contributed by atoms with E-state index in [0.29, 0.717) is 11.3 Å². The molecule has 0 bridgehead atoms. The van der Waals surface area contributed by atoms with Gasteiger partial charge in [0.25, 0.3) is 5.91 Å². The Bertz CT molecular complexity index is 480. The average molecular weight is 249 g/mol. The van der Waals surface area contributed by atoms with Crippen molar-refractivity contribution in [3.05, 3.63) is 35.4 Å². The molecule has 0 fully saturated rings. The molecule has 0 aliphatic heterocycles. The number of nitrogens with one attached hydrogen (secondary N) is 1. The van der Waals surface area contributed by atoms with Crippen LogP contribution >= 0.6 is 0 Å². The summed E-state index contributed by atoms with van der Waals surface area (Å²) in [7, 11) is 4.34. The molecule has 5 nitrogen and oxygen atoms in total. The van der Waals surface area contributed by atoms with Crippen LogP contribution in [0.15, 0.2) is 24.3 Å². The monoisotopic (exact) mass is 249 g/mol. The Morgan fingerprint density at radius 2 is 2.00 bits per heavy atom. The maximum absolute atomic E-state index is 11.5. The molecule has 1 N–H and O–H groups in total. The Kier molecular flexibility index (Phi) is 4.92. The number of hydrogen-bond acceptors (Lipinski definition) is 4. The van der Waals surface area contributed by atoms with Crippen molar-refractivity contribution in [2.24, 2.45) is 0 Å².